The highest BCUT2D eigenvalue weighted by Crippen LogP contribution is 2.05. The van der Waals surface area contributed by atoms with E-state index >= 15 is 0 Å². The largest absolute Gasteiger partial charge is 0.489 e. The topological polar surface area (TPSA) is 44.8 Å². The highest BCUT2D eigenvalue weighted by Gasteiger charge is 2.10. The number of carbonyl (C=O) groups excluding carboxylic acids is 1. The predicted molar refractivity (Wildman–Crippen MR) is 72.3 cm³/mol. The molecule has 1 aromatic rings. The second-order valence-electron chi connectivity index (χ2n) is 3.92. The van der Waals surface area contributed by atoms with Crippen molar-refractivity contribution < 1.29 is 19.0 Å². The van der Waals surface area contributed by atoms with E-state index in [0.29, 0.717) is 11.3 Å². The quantitative estimate of drug-likeness (QED) is 0.559. The number of hydrogen-bond acceptors (Lipinski definition) is 4. The zero-order valence-corrected chi connectivity index (χ0v) is 11.2. The molecule has 0 aliphatic carbocycles. The van der Waals surface area contributed by atoms with Crippen LogP contribution in [0.5, 0.6) is 0 Å². The van der Waals surface area contributed by atoms with Gasteiger partial charge in [-0.3, -0.25) is 0 Å². The standard InChI is InChI=1S/C15H18O4/c1-4-17-10-12(2)19-13(3)11-18-15(16)14-8-6-5-7-9-14/h4-10,13H,1,11H2,2-3H3. The van der Waals surface area contributed by atoms with E-state index in [0.717, 1.165) is 0 Å². The number of hydrogen-bond donors (Lipinski definition) is 0. The Morgan fingerprint density at radius 3 is 2.68 bits per heavy atom. The van der Waals surface area contributed by atoms with Crippen molar-refractivity contribution in [2.45, 2.75) is 20.0 Å². The minimum atomic E-state index is -0.361. The third-order valence-corrected chi connectivity index (χ3v) is 2.18. The molecule has 4 nitrogen and oxygen atoms in total. The van der Waals surface area contributed by atoms with Crippen LogP contribution >= 0.6 is 0 Å². The van der Waals surface area contributed by atoms with Crippen molar-refractivity contribution in [2.75, 3.05) is 6.61 Å². The average molecular weight is 262 g/mol. The van der Waals surface area contributed by atoms with Crippen LogP contribution in [0, 0.1) is 0 Å². The van der Waals surface area contributed by atoms with Gasteiger partial charge in [-0.25, -0.2) is 4.79 Å². The van der Waals surface area contributed by atoms with Gasteiger partial charge in [0.15, 0.2) is 0 Å². The predicted octanol–water partition coefficient (Wildman–Crippen LogP) is 3.27. The molecule has 1 atom stereocenters. The monoisotopic (exact) mass is 262 g/mol. The molecule has 1 aromatic carbocycles. The molecule has 0 spiro atoms. The summed E-state index contributed by atoms with van der Waals surface area (Å²) in [7, 11) is 0. The van der Waals surface area contributed by atoms with Gasteiger partial charge in [-0.1, -0.05) is 24.8 Å². The maximum atomic E-state index is 11.7. The molecule has 0 N–H and O–H groups in total. The van der Waals surface area contributed by atoms with Crippen LogP contribution < -0.4 is 0 Å². The van der Waals surface area contributed by atoms with Crippen LogP contribution in [0.3, 0.4) is 0 Å². The fourth-order valence-corrected chi connectivity index (χ4v) is 1.37. The third-order valence-electron chi connectivity index (χ3n) is 2.18. The zero-order valence-electron chi connectivity index (χ0n) is 11.2. The lowest BCUT2D eigenvalue weighted by atomic mass is 10.2. The molecule has 0 saturated carbocycles. The lowest BCUT2D eigenvalue weighted by molar-refractivity contribution is 0.0195. The zero-order chi connectivity index (χ0) is 14.1. The molecule has 0 heterocycles. The van der Waals surface area contributed by atoms with Crippen LogP contribution in [0.4, 0.5) is 0 Å². The molecule has 1 unspecified atom stereocenters. The van der Waals surface area contributed by atoms with Crippen molar-refractivity contribution in [3.8, 4) is 0 Å². The van der Waals surface area contributed by atoms with Crippen LogP contribution in [-0.2, 0) is 14.2 Å². The first-order valence-electron chi connectivity index (χ1n) is 5.95. The fourth-order valence-electron chi connectivity index (χ4n) is 1.37. The molecule has 1 rings (SSSR count). The molecule has 0 aliphatic rings. The Morgan fingerprint density at radius 2 is 2.05 bits per heavy atom. The fraction of sp³-hybridized carbons (Fsp3) is 0.267. The second kappa shape index (κ2) is 7.97. The summed E-state index contributed by atoms with van der Waals surface area (Å²) in [6.07, 6.45) is 2.48. The summed E-state index contributed by atoms with van der Waals surface area (Å²) in [5, 5.41) is 0. The molecule has 0 amide bonds. The summed E-state index contributed by atoms with van der Waals surface area (Å²) in [6.45, 7) is 7.14. The van der Waals surface area contributed by atoms with E-state index in [9.17, 15) is 4.79 Å². The Bertz CT molecular complexity index is 437. The molecule has 0 radical (unpaired) electrons. The van der Waals surface area contributed by atoms with E-state index in [-0.39, 0.29) is 18.7 Å². The Morgan fingerprint density at radius 1 is 1.37 bits per heavy atom. The van der Waals surface area contributed by atoms with E-state index < -0.39 is 0 Å². The van der Waals surface area contributed by atoms with Crippen molar-refractivity contribution in [2.24, 2.45) is 0 Å². The summed E-state index contributed by atoms with van der Waals surface area (Å²) in [4.78, 5) is 11.7. The van der Waals surface area contributed by atoms with Gasteiger partial charge in [0.05, 0.1) is 11.8 Å². The minimum Gasteiger partial charge on any atom is -0.489 e. The maximum absolute atomic E-state index is 11.7. The molecular weight excluding hydrogens is 244 g/mol. The first-order valence-corrected chi connectivity index (χ1v) is 5.95. The molecule has 102 valence electrons. The van der Waals surface area contributed by atoms with Crippen LogP contribution in [-0.4, -0.2) is 18.7 Å². The van der Waals surface area contributed by atoms with Crippen molar-refractivity contribution in [1.29, 1.82) is 0 Å². The second-order valence-corrected chi connectivity index (χ2v) is 3.92. The van der Waals surface area contributed by atoms with Crippen LogP contribution in [0.1, 0.15) is 24.2 Å². The lowest BCUT2D eigenvalue weighted by Crippen LogP contribution is -2.18. The summed E-state index contributed by atoms with van der Waals surface area (Å²) >= 11 is 0. The normalized spacial score (nSPS) is 12.4. The molecule has 0 bridgehead atoms. The van der Waals surface area contributed by atoms with E-state index in [1.807, 2.05) is 13.0 Å². The van der Waals surface area contributed by atoms with E-state index in [4.69, 9.17) is 14.2 Å². The molecule has 0 aliphatic heterocycles. The highest BCUT2D eigenvalue weighted by molar-refractivity contribution is 5.89. The summed E-state index contributed by atoms with van der Waals surface area (Å²) in [5.41, 5.74) is 0.525. The van der Waals surface area contributed by atoms with E-state index in [1.54, 1.807) is 31.2 Å². The van der Waals surface area contributed by atoms with Gasteiger partial charge in [0.25, 0.3) is 0 Å². The number of benzene rings is 1. The van der Waals surface area contributed by atoms with Crippen LogP contribution in [0.2, 0.25) is 0 Å². The van der Waals surface area contributed by atoms with E-state index in [2.05, 4.69) is 6.58 Å². The van der Waals surface area contributed by atoms with Gasteiger partial charge in [0.1, 0.15) is 24.7 Å². The summed E-state index contributed by atoms with van der Waals surface area (Å²) in [6, 6.07) is 8.83. The van der Waals surface area contributed by atoms with Crippen molar-refractivity contribution in [3.05, 3.63) is 60.8 Å². The third kappa shape index (κ3) is 5.77. The number of carbonyl (C=O) groups is 1. The van der Waals surface area contributed by atoms with Crippen molar-refractivity contribution >= 4 is 5.97 Å². The molecule has 0 aromatic heterocycles. The van der Waals surface area contributed by atoms with Gasteiger partial charge in [-0.2, -0.15) is 0 Å². The van der Waals surface area contributed by atoms with E-state index in [1.165, 1.54) is 12.5 Å². The molecule has 0 fully saturated rings. The Labute approximate surface area is 113 Å². The Kier molecular flexibility index (Phi) is 6.22. The summed E-state index contributed by atoms with van der Waals surface area (Å²) < 4.78 is 15.5. The van der Waals surface area contributed by atoms with Gasteiger partial charge >= 0.3 is 5.97 Å². The Balaban J connectivity index is 2.36. The lowest BCUT2D eigenvalue weighted by Gasteiger charge is -2.14. The van der Waals surface area contributed by atoms with Crippen molar-refractivity contribution in [3.63, 3.8) is 0 Å². The smallest absolute Gasteiger partial charge is 0.338 e. The van der Waals surface area contributed by atoms with Gasteiger partial charge in [0.2, 0.25) is 0 Å². The number of esters is 1. The molecule has 0 saturated heterocycles. The first kappa shape index (κ1) is 14.8. The summed E-state index contributed by atoms with van der Waals surface area (Å²) in [5.74, 6) is 0.225. The maximum Gasteiger partial charge on any atom is 0.338 e. The van der Waals surface area contributed by atoms with Gasteiger partial charge in [0, 0.05) is 0 Å². The van der Waals surface area contributed by atoms with Crippen LogP contribution in [0.15, 0.2) is 55.2 Å². The number of ether oxygens (including phenoxy) is 3. The Hall–Kier alpha value is -2.23. The first-order chi connectivity index (χ1) is 9.13. The number of rotatable bonds is 7. The van der Waals surface area contributed by atoms with Crippen LogP contribution in [0.25, 0.3) is 0 Å². The highest BCUT2D eigenvalue weighted by atomic mass is 16.6. The van der Waals surface area contributed by atoms with Gasteiger partial charge in [-0.05, 0) is 26.0 Å². The molecule has 4 heteroatoms. The minimum absolute atomic E-state index is 0.174. The number of allylic oxidation sites excluding steroid dienone is 1. The van der Waals surface area contributed by atoms with Gasteiger partial charge < -0.3 is 14.2 Å². The average Bonchev–Trinajstić information content (AvgIpc) is 2.43. The SMILES string of the molecule is C=COC=C(C)OC(C)COC(=O)c1ccccc1. The molecule has 19 heavy (non-hydrogen) atoms. The molecular formula is C15H18O4. The van der Waals surface area contributed by atoms with Crippen molar-refractivity contribution in [1.82, 2.24) is 0 Å². The van der Waals surface area contributed by atoms with Gasteiger partial charge in [-0.15, -0.1) is 0 Å².